The summed E-state index contributed by atoms with van der Waals surface area (Å²) in [5.41, 5.74) is 0.817. The van der Waals surface area contributed by atoms with Crippen LogP contribution in [0.3, 0.4) is 0 Å². The number of anilines is 1. The summed E-state index contributed by atoms with van der Waals surface area (Å²) in [5.74, 6) is 0.00657. The lowest BCUT2D eigenvalue weighted by atomic mass is 10.2. The molecule has 0 aliphatic heterocycles. The van der Waals surface area contributed by atoms with E-state index in [1.165, 1.54) is 0 Å². The first-order valence-corrected chi connectivity index (χ1v) is 5.11. The Morgan fingerprint density at radius 2 is 1.93 bits per heavy atom. The number of carbonyl (C=O) groups excluding carboxylic acids is 2. The highest BCUT2D eigenvalue weighted by Gasteiger charge is 2.00. The molecule has 1 amide bonds. The minimum atomic E-state index is 0.00657. The summed E-state index contributed by atoms with van der Waals surface area (Å²) < 4.78 is 0. The summed E-state index contributed by atoms with van der Waals surface area (Å²) >= 11 is 0. The van der Waals surface area contributed by atoms with Gasteiger partial charge in [0.1, 0.15) is 6.29 Å². The molecule has 0 spiro atoms. The summed E-state index contributed by atoms with van der Waals surface area (Å²) in [6.07, 6.45) is 3.44. The average Bonchev–Trinajstić information content (AvgIpc) is 2.26. The van der Waals surface area contributed by atoms with Crippen LogP contribution in [0.5, 0.6) is 0 Å². The molecular formula is C12H15NO2. The smallest absolute Gasteiger partial charge is 0.224 e. The number of benzene rings is 1. The molecule has 0 radical (unpaired) electrons. The van der Waals surface area contributed by atoms with Crippen molar-refractivity contribution in [1.82, 2.24) is 0 Å². The van der Waals surface area contributed by atoms with Crippen LogP contribution in [-0.2, 0) is 9.59 Å². The molecule has 0 atom stereocenters. The van der Waals surface area contributed by atoms with E-state index in [2.05, 4.69) is 5.32 Å². The molecule has 1 aromatic rings. The highest BCUT2D eigenvalue weighted by Crippen LogP contribution is 2.06. The molecule has 3 nitrogen and oxygen atoms in total. The van der Waals surface area contributed by atoms with Crippen LogP contribution in [0, 0.1) is 0 Å². The Balaban J connectivity index is 2.22. The predicted molar refractivity (Wildman–Crippen MR) is 59.6 cm³/mol. The van der Waals surface area contributed by atoms with Crippen LogP contribution in [-0.4, -0.2) is 12.2 Å². The van der Waals surface area contributed by atoms with Crippen molar-refractivity contribution in [3.63, 3.8) is 0 Å². The van der Waals surface area contributed by atoms with Gasteiger partial charge in [0.2, 0.25) is 5.91 Å². The fraction of sp³-hybridized carbons (Fsp3) is 0.333. The lowest BCUT2D eigenvalue weighted by Crippen LogP contribution is -2.10. The Morgan fingerprint density at radius 1 is 1.20 bits per heavy atom. The fourth-order valence-corrected chi connectivity index (χ4v) is 1.26. The summed E-state index contributed by atoms with van der Waals surface area (Å²) in [6.45, 7) is 0. The minimum absolute atomic E-state index is 0.00657. The van der Waals surface area contributed by atoms with Gasteiger partial charge in [-0.3, -0.25) is 4.79 Å². The van der Waals surface area contributed by atoms with Gasteiger partial charge in [-0.15, -0.1) is 0 Å². The molecule has 0 aliphatic carbocycles. The van der Waals surface area contributed by atoms with Crippen LogP contribution < -0.4 is 5.32 Å². The van der Waals surface area contributed by atoms with Gasteiger partial charge in [-0.25, -0.2) is 0 Å². The van der Waals surface area contributed by atoms with Crippen LogP contribution in [0.4, 0.5) is 5.69 Å². The largest absolute Gasteiger partial charge is 0.326 e. The third kappa shape index (κ3) is 4.96. The molecule has 3 heteroatoms. The monoisotopic (exact) mass is 205 g/mol. The molecule has 0 unspecified atom stereocenters. The molecule has 0 saturated heterocycles. The molecule has 0 bridgehead atoms. The zero-order valence-corrected chi connectivity index (χ0v) is 8.61. The van der Waals surface area contributed by atoms with Crippen molar-refractivity contribution < 1.29 is 9.59 Å². The van der Waals surface area contributed by atoms with Gasteiger partial charge in [0, 0.05) is 18.5 Å². The molecule has 1 rings (SSSR count). The Kier molecular flexibility index (Phi) is 5.15. The van der Waals surface area contributed by atoms with E-state index in [1.54, 1.807) is 0 Å². The lowest BCUT2D eigenvalue weighted by Gasteiger charge is -2.03. The summed E-state index contributed by atoms with van der Waals surface area (Å²) in [4.78, 5) is 21.4. The second kappa shape index (κ2) is 6.76. The number of para-hydroxylation sites is 1. The number of carbonyl (C=O) groups is 2. The van der Waals surface area contributed by atoms with Crippen molar-refractivity contribution in [2.75, 3.05) is 5.32 Å². The van der Waals surface area contributed by atoms with E-state index in [0.29, 0.717) is 12.8 Å². The highest BCUT2D eigenvalue weighted by molar-refractivity contribution is 5.90. The van der Waals surface area contributed by atoms with E-state index in [4.69, 9.17) is 0 Å². The highest BCUT2D eigenvalue weighted by atomic mass is 16.1. The predicted octanol–water partition coefficient (Wildman–Crippen LogP) is 2.38. The molecule has 0 aliphatic rings. The fourth-order valence-electron chi connectivity index (χ4n) is 1.26. The lowest BCUT2D eigenvalue weighted by molar-refractivity contribution is -0.116. The zero-order valence-electron chi connectivity index (χ0n) is 8.61. The first-order valence-electron chi connectivity index (χ1n) is 5.11. The molecule has 0 aromatic heterocycles. The number of nitrogens with one attached hydrogen (secondary N) is 1. The quantitative estimate of drug-likeness (QED) is 0.572. The maximum atomic E-state index is 11.4. The number of aldehydes is 1. The van der Waals surface area contributed by atoms with E-state index < -0.39 is 0 Å². The number of unbranched alkanes of at least 4 members (excludes halogenated alkanes) is 2. The molecule has 15 heavy (non-hydrogen) atoms. The Hall–Kier alpha value is -1.64. The number of rotatable bonds is 6. The van der Waals surface area contributed by atoms with E-state index in [1.807, 2.05) is 30.3 Å². The van der Waals surface area contributed by atoms with Crippen LogP contribution in [0.25, 0.3) is 0 Å². The van der Waals surface area contributed by atoms with Crippen LogP contribution >= 0.6 is 0 Å². The average molecular weight is 205 g/mol. The standard InChI is InChI=1S/C12H15NO2/c14-10-6-2-5-9-12(15)13-11-7-3-1-4-8-11/h1,3-4,7-8,10H,2,5-6,9H2,(H,13,15). The van der Waals surface area contributed by atoms with Gasteiger partial charge >= 0.3 is 0 Å². The van der Waals surface area contributed by atoms with Gasteiger partial charge < -0.3 is 10.1 Å². The Labute approximate surface area is 89.5 Å². The summed E-state index contributed by atoms with van der Waals surface area (Å²) in [5, 5.41) is 2.79. The van der Waals surface area contributed by atoms with E-state index in [9.17, 15) is 9.59 Å². The van der Waals surface area contributed by atoms with Crippen molar-refractivity contribution in [3.05, 3.63) is 30.3 Å². The Bertz CT molecular complexity index is 309. The van der Waals surface area contributed by atoms with E-state index in [-0.39, 0.29) is 5.91 Å². The van der Waals surface area contributed by atoms with Gasteiger partial charge in [0.25, 0.3) is 0 Å². The minimum Gasteiger partial charge on any atom is -0.326 e. The zero-order chi connectivity index (χ0) is 10.9. The molecule has 0 fully saturated rings. The van der Waals surface area contributed by atoms with Crippen LogP contribution in [0.15, 0.2) is 30.3 Å². The van der Waals surface area contributed by atoms with Crippen LogP contribution in [0.1, 0.15) is 25.7 Å². The third-order valence-electron chi connectivity index (χ3n) is 2.03. The number of hydrogen-bond donors (Lipinski definition) is 1. The molecule has 80 valence electrons. The van der Waals surface area contributed by atoms with Crippen molar-refractivity contribution >= 4 is 17.9 Å². The van der Waals surface area contributed by atoms with Gasteiger partial charge in [0.05, 0.1) is 0 Å². The summed E-state index contributed by atoms with van der Waals surface area (Å²) in [6, 6.07) is 9.36. The van der Waals surface area contributed by atoms with Crippen molar-refractivity contribution in [1.29, 1.82) is 0 Å². The first kappa shape index (κ1) is 11.4. The van der Waals surface area contributed by atoms with Crippen LogP contribution in [0.2, 0.25) is 0 Å². The molecule has 1 aromatic carbocycles. The van der Waals surface area contributed by atoms with Gasteiger partial charge in [-0.1, -0.05) is 18.2 Å². The van der Waals surface area contributed by atoms with E-state index in [0.717, 1.165) is 24.8 Å². The maximum absolute atomic E-state index is 11.4. The van der Waals surface area contributed by atoms with E-state index >= 15 is 0 Å². The molecule has 0 saturated carbocycles. The normalized spacial score (nSPS) is 9.60. The van der Waals surface area contributed by atoms with Gasteiger partial charge in [0.15, 0.2) is 0 Å². The number of amides is 1. The molecule has 1 N–H and O–H groups in total. The number of hydrogen-bond acceptors (Lipinski definition) is 2. The van der Waals surface area contributed by atoms with Crippen molar-refractivity contribution in [2.24, 2.45) is 0 Å². The molecule has 0 heterocycles. The SMILES string of the molecule is O=CCCCCC(=O)Nc1ccccc1. The first-order chi connectivity index (χ1) is 7.33. The second-order valence-electron chi connectivity index (χ2n) is 3.33. The topological polar surface area (TPSA) is 46.2 Å². The maximum Gasteiger partial charge on any atom is 0.224 e. The van der Waals surface area contributed by atoms with Gasteiger partial charge in [-0.2, -0.15) is 0 Å². The van der Waals surface area contributed by atoms with Crippen molar-refractivity contribution in [2.45, 2.75) is 25.7 Å². The molecular weight excluding hydrogens is 190 g/mol. The second-order valence-corrected chi connectivity index (χ2v) is 3.33. The summed E-state index contributed by atoms with van der Waals surface area (Å²) in [7, 11) is 0. The van der Waals surface area contributed by atoms with Gasteiger partial charge in [-0.05, 0) is 25.0 Å². The third-order valence-corrected chi connectivity index (χ3v) is 2.03. The van der Waals surface area contributed by atoms with Crippen molar-refractivity contribution in [3.8, 4) is 0 Å². The Morgan fingerprint density at radius 3 is 2.60 bits per heavy atom.